The molecule has 1 aromatic carbocycles. The third-order valence-corrected chi connectivity index (χ3v) is 4.87. The van der Waals surface area contributed by atoms with Crippen LogP contribution in [0.25, 0.3) is 0 Å². The van der Waals surface area contributed by atoms with E-state index >= 15 is 0 Å². The lowest BCUT2D eigenvalue weighted by Gasteiger charge is -2.26. The number of nitrogens with zero attached hydrogens (tertiary/aromatic N) is 1. The molecule has 0 unspecified atom stereocenters. The fraction of sp³-hybridized carbons (Fsp3) is 0.400. The summed E-state index contributed by atoms with van der Waals surface area (Å²) in [4.78, 5) is 14.3. The van der Waals surface area contributed by atoms with E-state index in [9.17, 15) is 13.2 Å². The van der Waals surface area contributed by atoms with Crippen LogP contribution in [-0.4, -0.2) is 38.9 Å². The number of piperidine rings is 1. The molecule has 0 saturated carbocycles. The normalized spacial score (nSPS) is 15.7. The van der Waals surface area contributed by atoms with Crippen molar-refractivity contribution in [2.75, 3.05) is 19.6 Å². The second-order valence-electron chi connectivity index (χ2n) is 5.02. The van der Waals surface area contributed by atoms with Crippen LogP contribution in [0.1, 0.15) is 29.6 Å². The topological polar surface area (TPSA) is 66.5 Å². The van der Waals surface area contributed by atoms with Crippen molar-refractivity contribution >= 4 is 15.9 Å². The lowest BCUT2D eigenvalue weighted by Crippen LogP contribution is -2.35. The average Bonchev–Trinajstić information content (AvgIpc) is 2.53. The van der Waals surface area contributed by atoms with Crippen LogP contribution in [0.5, 0.6) is 0 Å². The van der Waals surface area contributed by atoms with Crippen molar-refractivity contribution in [3.8, 4) is 0 Å². The summed E-state index contributed by atoms with van der Waals surface area (Å²) in [5.74, 6) is -0.101. The van der Waals surface area contributed by atoms with Gasteiger partial charge in [0.25, 0.3) is 5.91 Å². The molecule has 1 fully saturated rings. The number of hydrogen-bond donors (Lipinski definition) is 1. The predicted octanol–water partition coefficient (Wildman–Crippen LogP) is 1.78. The SMILES string of the molecule is C=CCNS(=O)(=O)c1cccc(C(=O)N2CCCCC2)c1. The van der Waals surface area contributed by atoms with Gasteiger partial charge in [-0.3, -0.25) is 4.79 Å². The number of carbonyl (C=O) groups is 1. The van der Waals surface area contributed by atoms with E-state index in [2.05, 4.69) is 11.3 Å². The first-order chi connectivity index (χ1) is 10.0. The Bertz CT molecular complexity index is 620. The minimum absolute atomic E-state index is 0.101. The Morgan fingerprint density at radius 1 is 1.29 bits per heavy atom. The van der Waals surface area contributed by atoms with Crippen molar-refractivity contribution in [1.82, 2.24) is 9.62 Å². The van der Waals surface area contributed by atoms with Crippen LogP contribution in [0.4, 0.5) is 0 Å². The summed E-state index contributed by atoms with van der Waals surface area (Å²) in [6.07, 6.45) is 4.62. The van der Waals surface area contributed by atoms with Gasteiger partial charge in [-0.1, -0.05) is 12.1 Å². The van der Waals surface area contributed by atoms with Crippen LogP contribution in [0.3, 0.4) is 0 Å². The Morgan fingerprint density at radius 3 is 2.67 bits per heavy atom. The minimum Gasteiger partial charge on any atom is -0.339 e. The molecule has 1 saturated heterocycles. The zero-order valence-electron chi connectivity index (χ0n) is 11.9. The van der Waals surface area contributed by atoms with E-state index in [-0.39, 0.29) is 17.3 Å². The standard InChI is InChI=1S/C15H20N2O3S/c1-2-9-16-21(19,20)14-8-6-7-13(12-14)15(18)17-10-4-3-5-11-17/h2,6-8,12,16H,1,3-5,9-11H2. The number of rotatable bonds is 5. The highest BCUT2D eigenvalue weighted by atomic mass is 32.2. The van der Waals surface area contributed by atoms with Gasteiger partial charge in [0.05, 0.1) is 4.90 Å². The fourth-order valence-corrected chi connectivity index (χ4v) is 3.37. The van der Waals surface area contributed by atoms with Gasteiger partial charge in [0, 0.05) is 25.2 Å². The van der Waals surface area contributed by atoms with Crippen molar-refractivity contribution in [3.05, 3.63) is 42.5 Å². The Morgan fingerprint density at radius 2 is 2.00 bits per heavy atom. The highest BCUT2D eigenvalue weighted by Crippen LogP contribution is 2.16. The molecule has 1 aliphatic heterocycles. The quantitative estimate of drug-likeness (QED) is 0.843. The molecule has 1 N–H and O–H groups in total. The average molecular weight is 308 g/mol. The first-order valence-corrected chi connectivity index (χ1v) is 8.53. The summed E-state index contributed by atoms with van der Waals surface area (Å²) in [6.45, 7) is 5.12. The molecule has 1 aliphatic rings. The van der Waals surface area contributed by atoms with Crippen LogP contribution >= 0.6 is 0 Å². The van der Waals surface area contributed by atoms with Crippen molar-refractivity contribution in [3.63, 3.8) is 0 Å². The van der Waals surface area contributed by atoms with Gasteiger partial charge < -0.3 is 4.90 Å². The van der Waals surface area contributed by atoms with E-state index in [0.29, 0.717) is 5.56 Å². The van der Waals surface area contributed by atoms with Crippen LogP contribution in [0.15, 0.2) is 41.8 Å². The minimum atomic E-state index is -3.60. The van der Waals surface area contributed by atoms with Gasteiger partial charge in [-0.15, -0.1) is 6.58 Å². The summed E-state index contributed by atoms with van der Waals surface area (Å²) in [5.41, 5.74) is 0.415. The van der Waals surface area contributed by atoms with E-state index in [0.717, 1.165) is 32.4 Å². The maximum absolute atomic E-state index is 12.4. The molecule has 2 rings (SSSR count). The van der Waals surface area contributed by atoms with Gasteiger partial charge in [-0.2, -0.15) is 0 Å². The molecule has 21 heavy (non-hydrogen) atoms. The van der Waals surface area contributed by atoms with E-state index in [1.807, 2.05) is 0 Å². The van der Waals surface area contributed by atoms with Crippen molar-refractivity contribution in [2.45, 2.75) is 24.2 Å². The third-order valence-electron chi connectivity index (χ3n) is 3.45. The highest BCUT2D eigenvalue weighted by Gasteiger charge is 2.20. The number of likely N-dealkylation sites (tertiary alicyclic amines) is 1. The van der Waals surface area contributed by atoms with Crippen molar-refractivity contribution in [1.29, 1.82) is 0 Å². The number of carbonyl (C=O) groups excluding carboxylic acids is 1. The first-order valence-electron chi connectivity index (χ1n) is 7.04. The summed E-state index contributed by atoms with van der Waals surface area (Å²) >= 11 is 0. The van der Waals surface area contributed by atoms with Crippen LogP contribution in [-0.2, 0) is 10.0 Å². The Hall–Kier alpha value is -1.66. The van der Waals surface area contributed by atoms with Crippen LogP contribution in [0.2, 0.25) is 0 Å². The second-order valence-corrected chi connectivity index (χ2v) is 6.79. The zero-order valence-corrected chi connectivity index (χ0v) is 12.7. The maximum Gasteiger partial charge on any atom is 0.253 e. The van der Waals surface area contributed by atoms with Gasteiger partial charge >= 0.3 is 0 Å². The number of benzene rings is 1. The molecule has 1 heterocycles. The van der Waals surface area contributed by atoms with Gasteiger partial charge in [0.15, 0.2) is 0 Å². The highest BCUT2D eigenvalue weighted by molar-refractivity contribution is 7.89. The summed E-state index contributed by atoms with van der Waals surface area (Å²) in [6, 6.07) is 6.17. The van der Waals surface area contributed by atoms with Gasteiger partial charge in [0.2, 0.25) is 10.0 Å². The van der Waals surface area contributed by atoms with Crippen LogP contribution in [0, 0.1) is 0 Å². The molecular weight excluding hydrogens is 288 g/mol. The number of hydrogen-bond acceptors (Lipinski definition) is 3. The largest absolute Gasteiger partial charge is 0.339 e. The summed E-state index contributed by atoms with van der Waals surface area (Å²) in [7, 11) is -3.60. The molecule has 0 aromatic heterocycles. The molecule has 1 aromatic rings. The van der Waals surface area contributed by atoms with E-state index in [1.54, 1.807) is 17.0 Å². The molecular formula is C15H20N2O3S. The Balaban J connectivity index is 2.20. The molecule has 0 bridgehead atoms. The van der Waals surface area contributed by atoms with Crippen molar-refractivity contribution < 1.29 is 13.2 Å². The summed E-state index contributed by atoms with van der Waals surface area (Å²) in [5, 5.41) is 0. The lowest BCUT2D eigenvalue weighted by atomic mass is 10.1. The Labute approximate surface area is 125 Å². The molecule has 114 valence electrons. The molecule has 0 aliphatic carbocycles. The van der Waals surface area contributed by atoms with Crippen molar-refractivity contribution in [2.24, 2.45) is 0 Å². The second kappa shape index (κ2) is 6.87. The van der Waals surface area contributed by atoms with Crippen LogP contribution < -0.4 is 4.72 Å². The molecule has 6 heteroatoms. The molecule has 0 atom stereocenters. The number of nitrogens with one attached hydrogen (secondary N) is 1. The fourth-order valence-electron chi connectivity index (χ4n) is 2.33. The number of sulfonamides is 1. The number of amides is 1. The van der Waals surface area contributed by atoms with Gasteiger partial charge in [-0.05, 0) is 37.5 Å². The lowest BCUT2D eigenvalue weighted by molar-refractivity contribution is 0.0724. The van der Waals surface area contributed by atoms with Gasteiger partial charge in [-0.25, -0.2) is 13.1 Å². The molecule has 1 amide bonds. The maximum atomic E-state index is 12.4. The third kappa shape index (κ3) is 3.92. The first kappa shape index (κ1) is 15.7. The molecule has 5 nitrogen and oxygen atoms in total. The Kier molecular flexibility index (Phi) is 5.14. The smallest absolute Gasteiger partial charge is 0.253 e. The molecule has 0 radical (unpaired) electrons. The zero-order chi connectivity index (χ0) is 15.3. The molecule has 0 spiro atoms. The summed E-state index contributed by atoms with van der Waals surface area (Å²) < 4.78 is 26.5. The van der Waals surface area contributed by atoms with E-state index < -0.39 is 10.0 Å². The monoisotopic (exact) mass is 308 g/mol. The predicted molar refractivity (Wildman–Crippen MR) is 81.6 cm³/mol. The van der Waals surface area contributed by atoms with E-state index in [1.165, 1.54) is 18.2 Å². The van der Waals surface area contributed by atoms with Gasteiger partial charge in [0.1, 0.15) is 0 Å². The van der Waals surface area contributed by atoms with E-state index in [4.69, 9.17) is 0 Å².